The molecule has 0 aliphatic rings. The molecule has 1 aromatic heterocycles. The van der Waals surface area contributed by atoms with Crippen LogP contribution < -0.4 is 15.6 Å². The molecular formula is C20H26N2O3. The zero-order valence-electron chi connectivity index (χ0n) is 15.1. The normalized spacial score (nSPS) is 12.0. The van der Waals surface area contributed by atoms with Crippen molar-refractivity contribution in [3.8, 4) is 5.75 Å². The summed E-state index contributed by atoms with van der Waals surface area (Å²) in [6.45, 7) is 6.02. The van der Waals surface area contributed by atoms with Gasteiger partial charge in [-0.15, -0.1) is 0 Å². The number of aromatic nitrogens is 1. The van der Waals surface area contributed by atoms with E-state index in [1.807, 2.05) is 32.9 Å². The number of pyridine rings is 1. The highest BCUT2D eigenvalue weighted by molar-refractivity contribution is 5.76. The maximum atomic E-state index is 12.0. The molecule has 0 aliphatic heterocycles. The lowest BCUT2D eigenvalue weighted by molar-refractivity contribution is -0.122. The Morgan fingerprint density at radius 2 is 1.84 bits per heavy atom. The van der Waals surface area contributed by atoms with Crippen molar-refractivity contribution in [2.45, 2.75) is 52.3 Å². The highest BCUT2D eigenvalue weighted by atomic mass is 16.5. The van der Waals surface area contributed by atoms with Gasteiger partial charge >= 0.3 is 0 Å². The average molecular weight is 342 g/mol. The molecule has 0 fully saturated rings. The molecule has 2 rings (SSSR count). The number of nitrogens with zero attached hydrogens (tertiary/aromatic N) is 1. The number of hydrogen-bond acceptors (Lipinski definition) is 3. The van der Waals surface area contributed by atoms with Gasteiger partial charge in [0.1, 0.15) is 12.3 Å². The molecule has 0 bridgehead atoms. The van der Waals surface area contributed by atoms with Gasteiger partial charge in [0.15, 0.2) is 0 Å². The van der Waals surface area contributed by atoms with E-state index in [0.717, 1.165) is 18.6 Å². The first-order chi connectivity index (χ1) is 11.9. The maximum Gasteiger partial charge on any atom is 0.250 e. The highest BCUT2D eigenvalue weighted by Crippen LogP contribution is 2.15. The summed E-state index contributed by atoms with van der Waals surface area (Å²) in [6, 6.07) is 12.9. The zero-order valence-corrected chi connectivity index (χ0v) is 15.1. The van der Waals surface area contributed by atoms with Crippen LogP contribution in [0.3, 0.4) is 0 Å². The number of ether oxygens (including phenoxy) is 1. The quantitative estimate of drug-likeness (QED) is 0.802. The Bertz CT molecular complexity index is 735. The van der Waals surface area contributed by atoms with E-state index in [2.05, 4.69) is 17.4 Å². The molecule has 0 spiro atoms. The minimum atomic E-state index is -0.172. The first kappa shape index (κ1) is 18.8. The summed E-state index contributed by atoms with van der Waals surface area (Å²) >= 11 is 0. The van der Waals surface area contributed by atoms with Crippen molar-refractivity contribution in [2.24, 2.45) is 0 Å². The van der Waals surface area contributed by atoms with Gasteiger partial charge < -0.3 is 14.6 Å². The second-order valence-corrected chi connectivity index (χ2v) is 6.48. The molecule has 2 aromatic rings. The molecule has 5 nitrogen and oxygen atoms in total. The fourth-order valence-electron chi connectivity index (χ4n) is 2.53. The summed E-state index contributed by atoms with van der Waals surface area (Å²) in [4.78, 5) is 23.7. The molecule has 1 amide bonds. The van der Waals surface area contributed by atoms with Crippen molar-refractivity contribution in [2.75, 3.05) is 0 Å². The highest BCUT2D eigenvalue weighted by Gasteiger charge is 2.09. The molecule has 1 aromatic carbocycles. The molecule has 134 valence electrons. The van der Waals surface area contributed by atoms with Gasteiger partial charge in [-0.2, -0.15) is 0 Å². The molecule has 0 radical (unpaired) electrons. The molecule has 1 heterocycles. The lowest BCUT2D eigenvalue weighted by Gasteiger charge is -2.15. The minimum Gasteiger partial charge on any atom is -0.491 e. The minimum absolute atomic E-state index is 0.0403. The lowest BCUT2D eigenvalue weighted by Crippen LogP contribution is -2.37. The number of rotatable bonds is 8. The molecule has 1 atom stereocenters. The monoisotopic (exact) mass is 342 g/mol. The molecule has 25 heavy (non-hydrogen) atoms. The molecule has 5 heteroatoms. The lowest BCUT2D eigenvalue weighted by atomic mass is 10.1. The van der Waals surface area contributed by atoms with Crippen LogP contribution in [0.15, 0.2) is 53.5 Å². The fourth-order valence-corrected chi connectivity index (χ4v) is 2.53. The van der Waals surface area contributed by atoms with Crippen LogP contribution in [-0.2, 0) is 17.8 Å². The van der Waals surface area contributed by atoms with Crippen molar-refractivity contribution in [3.63, 3.8) is 0 Å². The molecule has 1 N–H and O–H groups in total. The number of hydrogen-bond donors (Lipinski definition) is 1. The van der Waals surface area contributed by atoms with Crippen molar-refractivity contribution in [1.29, 1.82) is 0 Å². The van der Waals surface area contributed by atoms with Gasteiger partial charge in [-0.3, -0.25) is 9.59 Å². The number of amides is 1. The van der Waals surface area contributed by atoms with Gasteiger partial charge in [0.2, 0.25) is 5.91 Å². The smallest absolute Gasteiger partial charge is 0.250 e. The Kier molecular flexibility index (Phi) is 6.81. The molecule has 0 saturated heterocycles. The van der Waals surface area contributed by atoms with Crippen LogP contribution in [0, 0.1) is 0 Å². The summed E-state index contributed by atoms with van der Waals surface area (Å²) in [5.41, 5.74) is 1.03. The van der Waals surface area contributed by atoms with Crippen molar-refractivity contribution in [1.82, 2.24) is 9.88 Å². The molecule has 0 unspecified atom stereocenters. The third kappa shape index (κ3) is 6.45. The number of aryl methyl sites for hydroxylation is 1. The van der Waals surface area contributed by atoms with E-state index in [1.54, 1.807) is 18.3 Å². The number of carbonyl (C=O) groups is 1. The van der Waals surface area contributed by atoms with Crippen molar-refractivity contribution < 1.29 is 9.53 Å². The van der Waals surface area contributed by atoms with E-state index in [-0.39, 0.29) is 30.2 Å². The average Bonchev–Trinajstić information content (AvgIpc) is 2.56. The molecule has 0 saturated carbocycles. The third-order valence-electron chi connectivity index (χ3n) is 3.78. The van der Waals surface area contributed by atoms with Crippen LogP contribution in [0.4, 0.5) is 0 Å². The predicted molar refractivity (Wildman–Crippen MR) is 98.8 cm³/mol. The number of carbonyl (C=O) groups excluding carboxylic acids is 1. The summed E-state index contributed by atoms with van der Waals surface area (Å²) in [6.07, 6.45) is 3.49. The summed E-state index contributed by atoms with van der Waals surface area (Å²) in [5.74, 6) is 0.717. The van der Waals surface area contributed by atoms with Gasteiger partial charge in [0.25, 0.3) is 5.56 Å². The van der Waals surface area contributed by atoms with Crippen molar-refractivity contribution >= 4 is 5.91 Å². The van der Waals surface area contributed by atoms with E-state index in [4.69, 9.17) is 4.74 Å². The largest absolute Gasteiger partial charge is 0.491 e. The standard InChI is InChI=1S/C20H26N2O3/c1-15(2)25-18-11-9-17(10-12-18)8-7-16(3)21-19(23)14-22-13-5-4-6-20(22)24/h4-6,9-13,15-16H,7-8,14H2,1-3H3,(H,21,23)/t16-/m1/s1. The Labute approximate surface area is 148 Å². The number of benzene rings is 1. The Balaban J connectivity index is 1.78. The Hall–Kier alpha value is -2.56. The van der Waals surface area contributed by atoms with Gasteiger partial charge in [-0.1, -0.05) is 18.2 Å². The topological polar surface area (TPSA) is 60.3 Å². The second kappa shape index (κ2) is 9.06. The first-order valence-electron chi connectivity index (χ1n) is 8.64. The Morgan fingerprint density at radius 1 is 1.12 bits per heavy atom. The fraction of sp³-hybridized carbons (Fsp3) is 0.400. The Morgan fingerprint density at radius 3 is 2.48 bits per heavy atom. The van der Waals surface area contributed by atoms with Crippen LogP contribution in [-0.4, -0.2) is 22.6 Å². The summed E-state index contributed by atoms with van der Waals surface area (Å²) < 4.78 is 7.03. The third-order valence-corrected chi connectivity index (χ3v) is 3.78. The van der Waals surface area contributed by atoms with Gasteiger partial charge in [-0.05, 0) is 57.4 Å². The van der Waals surface area contributed by atoms with Crippen LogP contribution in [0.2, 0.25) is 0 Å². The van der Waals surface area contributed by atoms with Gasteiger partial charge in [0, 0.05) is 18.3 Å². The number of nitrogens with one attached hydrogen (secondary N) is 1. The van der Waals surface area contributed by atoms with Crippen molar-refractivity contribution in [3.05, 3.63) is 64.6 Å². The van der Waals surface area contributed by atoms with Gasteiger partial charge in [0.05, 0.1) is 6.10 Å². The second-order valence-electron chi connectivity index (χ2n) is 6.48. The van der Waals surface area contributed by atoms with Gasteiger partial charge in [-0.25, -0.2) is 0 Å². The molecular weight excluding hydrogens is 316 g/mol. The van der Waals surface area contributed by atoms with E-state index in [0.29, 0.717) is 0 Å². The molecule has 0 aliphatic carbocycles. The van der Waals surface area contributed by atoms with E-state index in [9.17, 15) is 9.59 Å². The van der Waals surface area contributed by atoms with Crippen LogP contribution in [0.1, 0.15) is 32.8 Å². The SMILES string of the molecule is CC(C)Oc1ccc(CC[C@@H](C)NC(=O)Cn2ccccc2=O)cc1. The van der Waals surface area contributed by atoms with Crippen LogP contribution in [0.5, 0.6) is 5.75 Å². The van der Waals surface area contributed by atoms with E-state index in [1.165, 1.54) is 16.2 Å². The predicted octanol–water partition coefficient (Wildman–Crippen LogP) is 2.77. The summed E-state index contributed by atoms with van der Waals surface area (Å²) in [7, 11) is 0. The van der Waals surface area contributed by atoms with Crippen LogP contribution in [0.25, 0.3) is 0 Å². The van der Waals surface area contributed by atoms with Crippen LogP contribution >= 0.6 is 0 Å². The first-order valence-corrected chi connectivity index (χ1v) is 8.64. The zero-order chi connectivity index (χ0) is 18.2. The van der Waals surface area contributed by atoms with E-state index < -0.39 is 0 Å². The van der Waals surface area contributed by atoms with E-state index >= 15 is 0 Å². The maximum absolute atomic E-state index is 12.0. The summed E-state index contributed by atoms with van der Waals surface area (Å²) in [5, 5.41) is 2.94.